The lowest BCUT2D eigenvalue weighted by molar-refractivity contribution is -0.385. The number of amides is 1. The molecule has 0 aliphatic carbocycles. The minimum absolute atomic E-state index is 0.101. The maximum Gasteiger partial charge on any atom is 0.276 e. The molecule has 0 heterocycles. The molecule has 11 heteroatoms. The molecule has 3 rings (SSSR count). The number of hydrogen-bond acceptors (Lipinski definition) is 5. The Hall–Kier alpha value is -3.50. The molecule has 166 valence electrons. The second-order valence-electron chi connectivity index (χ2n) is 6.88. The molecule has 32 heavy (non-hydrogen) atoms. The average Bonchev–Trinajstić information content (AvgIpc) is 2.72. The van der Waals surface area contributed by atoms with E-state index in [1.54, 1.807) is 19.1 Å². The highest BCUT2D eigenvalue weighted by Gasteiger charge is 2.22. The molecular formula is C21H17ClFN3O5S. The minimum Gasteiger partial charge on any atom is -0.322 e. The van der Waals surface area contributed by atoms with Gasteiger partial charge < -0.3 is 5.32 Å². The summed E-state index contributed by atoms with van der Waals surface area (Å²) in [5.74, 6) is -1.74. The highest BCUT2D eigenvalue weighted by atomic mass is 35.5. The molecule has 0 bridgehead atoms. The van der Waals surface area contributed by atoms with Crippen molar-refractivity contribution in [1.29, 1.82) is 0 Å². The number of halogens is 2. The van der Waals surface area contributed by atoms with Crippen LogP contribution in [0.15, 0.2) is 59.5 Å². The molecule has 0 saturated carbocycles. The van der Waals surface area contributed by atoms with Crippen molar-refractivity contribution in [3.63, 3.8) is 0 Å². The fourth-order valence-electron chi connectivity index (χ4n) is 2.90. The Morgan fingerprint density at radius 1 is 1.09 bits per heavy atom. The topological polar surface area (TPSA) is 118 Å². The van der Waals surface area contributed by atoms with Crippen molar-refractivity contribution in [2.75, 3.05) is 10.0 Å². The summed E-state index contributed by atoms with van der Waals surface area (Å²) >= 11 is 6.02. The second-order valence-corrected chi connectivity index (χ2v) is 8.94. The van der Waals surface area contributed by atoms with Crippen LogP contribution in [0.5, 0.6) is 0 Å². The number of benzene rings is 3. The molecule has 8 nitrogen and oxygen atoms in total. The van der Waals surface area contributed by atoms with Gasteiger partial charge in [-0.1, -0.05) is 29.8 Å². The summed E-state index contributed by atoms with van der Waals surface area (Å²) in [6, 6.07) is 12.3. The van der Waals surface area contributed by atoms with Crippen molar-refractivity contribution in [2.24, 2.45) is 0 Å². The molecule has 0 radical (unpaired) electrons. The number of anilines is 2. The Morgan fingerprint density at radius 2 is 1.78 bits per heavy atom. The second kappa shape index (κ2) is 8.93. The summed E-state index contributed by atoms with van der Waals surface area (Å²) in [4.78, 5) is 22.7. The van der Waals surface area contributed by atoms with Gasteiger partial charge in [-0.3, -0.25) is 19.6 Å². The number of carbonyl (C=O) groups excluding carboxylic acids is 1. The van der Waals surface area contributed by atoms with Crippen LogP contribution in [0.4, 0.5) is 21.5 Å². The molecule has 0 saturated heterocycles. The fourth-order valence-corrected chi connectivity index (χ4v) is 4.49. The zero-order valence-electron chi connectivity index (χ0n) is 16.8. The minimum atomic E-state index is -4.05. The zero-order valence-corrected chi connectivity index (χ0v) is 18.4. The van der Waals surface area contributed by atoms with Crippen LogP contribution in [0, 0.1) is 29.8 Å². The van der Waals surface area contributed by atoms with Crippen LogP contribution in [0.3, 0.4) is 0 Å². The molecule has 0 spiro atoms. The van der Waals surface area contributed by atoms with Crippen LogP contribution in [0.25, 0.3) is 0 Å². The summed E-state index contributed by atoms with van der Waals surface area (Å²) in [6.45, 7) is 2.81. The third-order valence-corrected chi connectivity index (χ3v) is 6.47. The summed E-state index contributed by atoms with van der Waals surface area (Å²) < 4.78 is 42.2. The molecule has 3 aromatic carbocycles. The van der Waals surface area contributed by atoms with Gasteiger partial charge in [0.15, 0.2) is 0 Å². The van der Waals surface area contributed by atoms with Crippen LogP contribution in [0.2, 0.25) is 5.02 Å². The highest BCUT2D eigenvalue weighted by Crippen LogP contribution is 2.28. The first-order valence-corrected chi connectivity index (χ1v) is 11.0. The van der Waals surface area contributed by atoms with E-state index in [4.69, 9.17) is 11.6 Å². The number of rotatable bonds is 6. The van der Waals surface area contributed by atoms with Crippen LogP contribution < -0.4 is 10.0 Å². The third kappa shape index (κ3) is 4.87. The van der Waals surface area contributed by atoms with E-state index in [9.17, 15) is 27.7 Å². The number of carbonyl (C=O) groups is 1. The Balaban J connectivity index is 1.92. The van der Waals surface area contributed by atoms with Gasteiger partial charge in [0, 0.05) is 17.3 Å². The van der Waals surface area contributed by atoms with Crippen molar-refractivity contribution in [3.8, 4) is 0 Å². The SMILES string of the molecule is Cc1ccc(NC(=O)c2cc(F)c(C)c([N+](=O)[O-])c2)cc1S(=O)(=O)Nc1ccccc1Cl. The molecule has 3 aromatic rings. The fraction of sp³-hybridized carbons (Fsp3) is 0.0952. The smallest absolute Gasteiger partial charge is 0.276 e. The molecule has 0 aliphatic heterocycles. The van der Waals surface area contributed by atoms with E-state index in [0.29, 0.717) is 5.56 Å². The molecule has 1 amide bonds. The Labute approximate surface area is 188 Å². The first kappa shape index (κ1) is 23.2. The van der Waals surface area contributed by atoms with Gasteiger partial charge in [-0.15, -0.1) is 0 Å². The van der Waals surface area contributed by atoms with E-state index >= 15 is 0 Å². The summed E-state index contributed by atoms with van der Waals surface area (Å²) in [5.41, 5.74) is -0.320. The maximum atomic E-state index is 14.0. The normalized spacial score (nSPS) is 11.1. The van der Waals surface area contributed by atoms with E-state index in [0.717, 1.165) is 12.1 Å². The van der Waals surface area contributed by atoms with Crippen molar-refractivity contribution in [2.45, 2.75) is 18.7 Å². The maximum absolute atomic E-state index is 14.0. The van der Waals surface area contributed by atoms with E-state index in [-0.39, 0.29) is 32.4 Å². The predicted molar refractivity (Wildman–Crippen MR) is 119 cm³/mol. The Bertz CT molecular complexity index is 1350. The number of hydrogen-bond donors (Lipinski definition) is 2. The zero-order chi connectivity index (χ0) is 23.6. The van der Waals surface area contributed by atoms with Crippen molar-refractivity contribution >= 4 is 44.6 Å². The third-order valence-electron chi connectivity index (χ3n) is 4.63. The number of nitrogens with zero attached hydrogens (tertiary/aromatic N) is 1. The first-order chi connectivity index (χ1) is 15.0. The van der Waals surface area contributed by atoms with Crippen molar-refractivity contribution in [3.05, 3.63) is 92.2 Å². The number of sulfonamides is 1. The number of nitro groups is 1. The number of nitro benzene ring substituents is 1. The molecule has 0 aliphatic rings. The first-order valence-electron chi connectivity index (χ1n) is 9.13. The van der Waals surface area contributed by atoms with Gasteiger partial charge >= 0.3 is 0 Å². The molecular weight excluding hydrogens is 461 g/mol. The lowest BCUT2D eigenvalue weighted by Gasteiger charge is -2.13. The monoisotopic (exact) mass is 477 g/mol. The van der Waals surface area contributed by atoms with Crippen LogP contribution >= 0.6 is 11.6 Å². The average molecular weight is 478 g/mol. The Kier molecular flexibility index (Phi) is 6.47. The summed E-state index contributed by atoms with van der Waals surface area (Å²) in [6.07, 6.45) is 0. The van der Waals surface area contributed by atoms with Gasteiger partial charge in [0.25, 0.3) is 21.6 Å². The number of aryl methyl sites for hydroxylation is 1. The predicted octanol–water partition coefficient (Wildman–Crippen LogP) is 5.06. The van der Waals surface area contributed by atoms with E-state index in [2.05, 4.69) is 10.0 Å². The van der Waals surface area contributed by atoms with E-state index in [1.165, 1.54) is 37.3 Å². The van der Waals surface area contributed by atoms with E-state index in [1.807, 2.05) is 0 Å². The molecule has 0 fully saturated rings. The molecule has 0 aromatic heterocycles. The van der Waals surface area contributed by atoms with Gasteiger partial charge in [-0.05, 0) is 49.7 Å². The van der Waals surface area contributed by atoms with Crippen LogP contribution in [-0.2, 0) is 10.0 Å². The van der Waals surface area contributed by atoms with Gasteiger partial charge in [-0.2, -0.15) is 0 Å². The molecule has 0 atom stereocenters. The quantitative estimate of drug-likeness (QED) is 0.380. The van der Waals surface area contributed by atoms with Crippen LogP contribution in [0.1, 0.15) is 21.5 Å². The standard InChI is InChI=1S/C21H17ClFN3O5S/c1-12-7-8-15(11-20(12)32(30,31)25-18-6-4-3-5-16(18)22)24-21(27)14-9-17(23)13(2)19(10-14)26(28)29/h3-11,25H,1-2H3,(H,24,27). The summed E-state index contributed by atoms with van der Waals surface area (Å²) in [7, 11) is -4.05. The van der Waals surface area contributed by atoms with Crippen molar-refractivity contribution < 1.29 is 22.5 Å². The van der Waals surface area contributed by atoms with Crippen molar-refractivity contribution in [1.82, 2.24) is 0 Å². The largest absolute Gasteiger partial charge is 0.322 e. The van der Waals surface area contributed by atoms with E-state index < -0.39 is 32.4 Å². The van der Waals surface area contributed by atoms with Gasteiger partial charge in [0.05, 0.1) is 26.1 Å². The number of para-hydroxylation sites is 1. The van der Waals surface area contributed by atoms with Gasteiger partial charge in [0.1, 0.15) is 5.82 Å². The molecule has 0 unspecified atom stereocenters. The Morgan fingerprint density at radius 3 is 2.44 bits per heavy atom. The van der Waals surface area contributed by atoms with Gasteiger partial charge in [-0.25, -0.2) is 12.8 Å². The lowest BCUT2D eigenvalue weighted by atomic mass is 10.1. The highest BCUT2D eigenvalue weighted by molar-refractivity contribution is 7.92. The van der Waals surface area contributed by atoms with Gasteiger partial charge in [0.2, 0.25) is 0 Å². The number of nitrogens with one attached hydrogen (secondary N) is 2. The van der Waals surface area contributed by atoms with Crippen LogP contribution in [-0.4, -0.2) is 19.2 Å². The lowest BCUT2D eigenvalue weighted by Crippen LogP contribution is -2.17. The summed E-state index contributed by atoms with van der Waals surface area (Å²) in [5, 5.41) is 13.7. The molecule has 2 N–H and O–H groups in total.